The van der Waals surface area contributed by atoms with Crippen molar-refractivity contribution < 1.29 is 30.9 Å². The molecule has 1 aliphatic heterocycles. The standard InChI is InChI=1S/C22H22F3N3O4S/c1-13-19-17(21(29)28-8-4-5-14(11-28)12-33(2,30)31)10-18(26-20(19)32-27-13)15-6-3-7-16(9-15)22(23,24)25/h3,6-7,9-10,14H,4-5,8,11-12H2,1-2H3. The van der Waals surface area contributed by atoms with Crippen molar-refractivity contribution in [3.8, 4) is 11.3 Å². The predicted octanol–water partition coefficient (Wildman–Crippen LogP) is 4.11. The maximum absolute atomic E-state index is 13.5. The largest absolute Gasteiger partial charge is 0.416 e. The number of halogens is 3. The number of hydrogen-bond donors (Lipinski definition) is 0. The van der Waals surface area contributed by atoms with Gasteiger partial charge in [0.2, 0.25) is 0 Å². The summed E-state index contributed by atoms with van der Waals surface area (Å²) in [6, 6.07) is 6.13. The summed E-state index contributed by atoms with van der Waals surface area (Å²) in [5, 5.41) is 4.26. The van der Waals surface area contributed by atoms with Crippen LogP contribution in [0.4, 0.5) is 13.2 Å². The van der Waals surface area contributed by atoms with Crippen LogP contribution in [0.1, 0.15) is 34.5 Å². The lowest BCUT2D eigenvalue weighted by Gasteiger charge is -2.32. The zero-order chi connectivity index (χ0) is 24.0. The summed E-state index contributed by atoms with van der Waals surface area (Å²) in [6.07, 6.45) is -2.00. The molecule has 0 radical (unpaired) electrons. The van der Waals surface area contributed by atoms with E-state index in [0.717, 1.165) is 12.1 Å². The van der Waals surface area contributed by atoms with Crippen LogP contribution in [0.2, 0.25) is 0 Å². The van der Waals surface area contributed by atoms with Crippen LogP contribution in [-0.2, 0) is 16.0 Å². The summed E-state index contributed by atoms with van der Waals surface area (Å²) in [5.41, 5.74) is 0.201. The van der Waals surface area contributed by atoms with Gasteiger partial charge in [-0.2, -0.15) is 13.2 Å². The zero-order valence-corrected chi connectivity index (χ0v) is 18.8. The van der Waals surface area contributed by atoms with Gasteiger partial charge in [-0.1, -0.05) is 17.3 Å². The maximum Gasteiger partial charge on any atom is 0.416 e. The summed E-state index contributed by atoms with van der Waals surface area (Å²) >= 11 is 0. The topological polar surface area (TPSA) is 93.4 Å². The summed E-state index contributed by atoms with van der Waals surface area (Å²) < 4.78 is 68.3. The van der Waals surface area contributed by atoms with Crippen molar-refractivity contribution in [2.24, 2.45) is 5.92 Å². The molecule has 0 bridgehead atoms. The maximum atomic E-state index is 13.5. The van der Waals surface area contributed by atoms with Crippen LogP contribution in [0.5, 0.6) is 0 Å². The number of amides is 1. The highest BCUT2D eigenvalue weighted by Gasteiger charge is 2.32. The summed E-state index contributed by atoms with van der Waals surface area (Å²) in [4.78, 5) is 19.4. The lowest BCUT2D eigenvalue weighted by molar-refractivity contribution is -0.137. The SMILES string of the molecule is Cc1noc2nc(-c3cccc(C(F)(F)F)c3)cc(C(=O)N3CCCC(CS(C)(=O)=O)C3)c12. The molecule has 33 heavy (non-hydrogen) atoms. The number of carbonyl (C=O) groups excluding carboxylic acids is 1. The average molecular weight is 481 g/mol. The van der Waals surface area contributed by atoms with Crippen LogP contribution in [0, 0.1) is 12.8 Å². The number of fused-ring (bicyclic) bond motifs is 1. The Bertz CT molecular complexity index is 1320. The van der Waals surface area contributed by atoms with Crippen LogP contribution in [-0.4, -0.2) is 54.5 Å². The third-order valence-corrected chi connectivity index (χ3v) is 6.75. The number of carbonyl (C=O) groups is 1. The molecule has 0 spiro atoms. The molecule has 3 aromatic rings. The van der Waals surface area contributed by atoms with Crippen molar-refractivity contribution in [2.75, 3.05) is 25.1 Å². The van der Waals surface area contributed by atoms with Crippen molar-refractivity contribution >= 4 is 26.8 Å². The van der Waals surface area contributed by atoms with Gasteiger partial charge in [-0.3, -0.25) is 4.79 Å². The van der Waals surface area contributed by atoms with Crippen molar-refractivity contribution in [1.82, 2.24) is 15.0 Å². The molecule has 1 aromatic carbocycles. The van der Waals surface area contributed by atoms with Crippen molar-refractivity contribution in [3.05, 3.63) is 47.2 Å². The first-order valence-corrected chi connectivity index (χ1v) is 12.4. The van der Waals surface area contributed by atoms with Crippen LogP contribution in [0.15, 0.2) is 34.9 Å². The molecule has 1 aliphatic rings. The van der Waals surface area contributed by atoms with Crippen LogP contribution in [0.3, 0.4) is 0 Å². The zero-order valence-electron chi connectivity index (χ0n) is 18.0. The highest BCUT2D eigenvalue weighted by Crippen LogP contribution is 2.34. The number of piperidine rings is 1. The molecule has 0 aliphatic carbocycles. The summed E-state index contributed by atoms with van der Waals surface area (Å²) in [5.74, 6) is -0.550. The van der Waals surface area contributed by atoms with Crippen molar-refractivity contribution in [3.63, 3.8) is 0 Å². The molecule has 4 rings (SSSR count). The van der Waals surface area contributed by atoms with E-state index >= 15 is 0 Å². The molecule has 0 N–H and O–H groups in total. The van der Waals surface area contributed by atoms with E-state index in [1.165, 1.54) is 24.5 Å². The minimum absolute atomic E-state index is 0.00961. The minimum Gasteiger partial charge on any atom is -0.338 e. The van der Waals surface area contributed by atoms with Crippen LogP contribution in [0.25, 0.3) is 22.4 Å². The molecule has 176 valence electrons. The van der Waals surface area contributed by atoms with Gasteiger partial charge in [-0.05, 0) is 43.9 Å². The summed E-state index contributed by atoms with van der Waals surface area (Å²) in [6.45, 7) is 2.38. The summed E-state index contributed by atoms with van der Waals surface area (Å²) in [7, 11) is -3.19. The molecular formula is C22H22F3N3O4S. The number of pyridine rings is 1. The number of likely N-dealkylation sites (tertiary alicyclic amines) is 1. The second kappa shape index (κ2) is 8.44. The van der Waals surface area contributed by atoms with E-state index in [9.17, 15) is 26.4 Å². The molecule has 1 unspecified atom stereocenters. The Kier molecular flexibility index (Phi) is 5.94. The van der Waals surface area contributed by atoms with E-state index in [2.05, 4.69) is 10.1 Å². The number of benzene rings is 1. The van der Waals surface area contributed by atoms with Crippen molar-refractivity contribution in [1.29, 1.82) is 0 Å². The Morgan fingerprint density at radius 1 is 1.27 bits per heavy atom. The van der Waals surface area contributed by atoms with Gasteiger partial charge in [-0.25, -0.2) is 13.4 Å². The van der Waals surface area contributed by atoms with Crippen LogP contribution < -0.4 is 0 Å². The number of sulfone groups is 1. The molecule has 2 aromatic heterocycles. The highest BCUT2D eigenvalue weighted by molar-refractivity contribution is 7.90. The third-order valence-electron chi connectivity index (χ3n) is 5.68. The van der Waals surface area contributed by atoms with Gasteiger partial charge in [-0.15, -0.1) is 0 Å². The lowest BCUT2D eigenvalue weighted by Crippen LogP contribution is -2.41. The van der Waals surface area contributed by atoms with Gasteiger partial charge in [0.25, 0.3) is 11.6 Å². The molecule has 7 nitrogen and oxygen atoms in total. The number of hydrogen-bond acceptors (Lipinski definition) is 6. The third kappa shape index (κ3) is 5.02. The van der Waals surface area contributed by atoms with E-state index in [-0.39, 0.29) is 46.7 Å². The van der Waals surface area contributed by atoms with Gasteiger partial charge in [0, 0.05) is 24.9 Å². The monoisotopic (exact) mass is 481 g/mol. The van der Waals surface area contributed by atoms with E-state index < -0.39 is 21.6 Å². The molecule has 0 saturated carbocycles. The van der Waals surface area contributed by atoms with Gasteiger partial charge >= 0.3 is 6.18 Å². The van der Waals surface area contributed by atoms with Crippen molar-refractivity contribution in [2.45, 2.75) is 25.9 Å². The van der Waals surface area contributed by atoms with E-state index in [1.54, 1.807) is 11.8 Å². The molecule has 1 amide bonds. The first-order valence-electron chi connectivity index (χ1n) is 10.3. The highest BCUT2D eigenvalue weighted by atomic mass is 32.2. The quantitative estimate of drug-likeness (QED) is 0.557. The minimum atomic E-state index is -4.52. The Labute approximate surface area is 188 Å². The first kappa shape index (κ1) is 23.2. The average Bonchev–Trinajstić information content (AvgIpc) is 3.12. The molecule has 11 heteroatoms. The molecule has 1 fully saturated rings. The fourth-order valence-electron chi connectivity index (χ4n) is 4.25. The Hall–Kier alpha value is -2.95. The van der Waals surface area contributed by atoms with Gasteiger partial charge < -0.3 is 9.42 Å². The van der Waals surface area contributed by atoms with Gasteiger partial charge in [0.1, 0.15) is 9.84 Å². The number of aryl methyl sites for hydroxylation is 1. The van der Waals surface area contributed by atoms with Gasteiger partial charge in [0.05, 0.1) is 33.7 Å². The van der Waals surface area contributed by atoms with E-state index in [0.29, 0.717) is 30.5 Å². The number of rotatable bonds is 4. The smallest absolute Gasteiger partial charge is 0.338 e. The normalized spacial score (nSPS) is 17.5. The lowest BCUT2D eigenvalue weighted by atomic mass is 9.98. The van der Waals surface area contributed by atoms with Gasteiger partial charge in [0.15, 0.2) is 0 Å². The Morgan fingerprint density at radius 2 is 2.03 bits per heavy atom. The van der Waals surface area contributed by atoms with E-state index in [4.69, 9.17) is 4.52 Å². The predicted molar refractivity (Wildman–Crippen MR) is 115 cm³/mol. The molecule has 1 atom stereocenters. The molecule has 3 heterocycles. The first-order chi connectivity index (χ1) is 15.4. The second-order valence-electron chi connectivity index (χ2n) is 8.43. The van der Waals surface area contributed by atoms with E-state index in [1.807, 2.05) is 0 Å². The van der Waals surface area contributed by atoms with Crippen LogP contribution >= 0.6 is 0 Å². The number of alkyl halides is 3. The molecule has 1 saturated heterocycles. The number of nitrogens with zero attached hydrogens (tertiary/aromatic N) is 3. The second-order valence-corrected chi connectivity index (χ2v) is 10.6. The number of aromatic nitrogens is 2. The fraction of sp³-hybridized carbons (Fsp3) is 0.409. The molecular weight excluding hydrogens is 459 g/mol. The Balaban J connectivity index is 1.75. The Morgan fingerprint density at radius 3 is 2.73 bits per heavy atom. The fourth-order valence-corrected chi connectivity index (χ4v) is 5.38.